The fourth-order valence-electron chi connectivity index (χ4n) is 3.03. The van der Waals surface area contributed by atoms with Crippen LogP contribution in [0.2, 0.25) is 0 Å². The van der Waals surface area contributed by atoms with Crippen LogP contribution in [0.5, 0.6) is 17.2 Å². The van der Waals surface area contributed by atoms with Crippen LogP contribution in [0.15, 0.2) is 76.3 Å². The molecule has 0 saturated heterocycles. The Kier molecular flexibility index (Phi) is 6.84. The maximum absolute atomic E-state index is 12.2. The molecule has 0 radical (unpaired) electrons. The number of amides is 1. The van der Waals surface area contributed by atoms with Crippen LogP contribution in [-0.4, -0.2) is 25.3 Å². The second kappa shape index (κ2) is 10.1. The van der Waals surface area contributed by atoms with E-state index in [4.69, 9.17) is 14.2 Å². The molecule has 0 saturated carbocycles. The Morgan fingerprint density at radius 3 is 2.61 bits per heavy atom. The zero-order valence-corrected chi connectivity index (χ0v) is 18.3. The minimum Gasteiger partial charge on any atom is -0.489 e. The van der Waals surface area contributed by atoms with Crippen molar-refractivity contribution in [2.45, 2.75) is 13.0 Å². The average Bonchev–Trinajstić information content (AvgIpc) is 2.79. The number of fused-ring (bicyclic) bond motifs is 1. The van der Waals surface area contributed by atoms with Gasteiger partial charge in [0.1, 0.15) is 25.6 Å². The first-order valence-corrected chi connectivity index (χ1v) is 10.6. The third kappa shape index (κ3) is 6.08. The SMILES string of the molecule is O=C(Cc1ccc2c(c1)OCCO2)N/N=C/c1cccc(OCc2ccc(Br)cc2)c1. The molecular weight excluding hydrogens is 460 g/mol. The minimum absolute atomic E-state index is 0.199. The molecule has 0 aromatic heterocycles. The Morgan fingerprint density at radius 2 is 1.77 bits per heavy atom. The van der Waals surface area contributed by atoms with Gasteiger partial charge in [-0.05, 0) is 53.1 Å². The van der Waals surface area contributed by atoms with Gasteiger partial charge in [0.2, 0.25) is 5.91 Å². The number of benzene rings is 3. The lowest BCUT2D eigenvalue weighted by Gasteiger charge is -2.18. The smallest absolute Gasteiger partial charge is 0.244 e. The van der Waals surface area contributed by atoms with Crippen LogP contribution in [0.4, 0.5) is 0 Å². The summed E-state index contributed by atoms with van der Waals surface area (Å²) in [6.07, 6.45) is 1.79. The van der Waals surface area contributed by atoms with Crippen LogP contribution in [0.25, 0.3) is 0 Å². The normalized spacial score (nSPS) is 12.5. The highest BCUT2D eigenvalue weighted by Crippen LogP contribution is 2.30. The predicted octanol–water partition coefficient (Wildman–Crippen LogP) is 4.49. The summed E-state index contributed by atoms with van der Waals surface area (Å²) in [5.74, 6) is 1.89. The number of carbonyl (C=O) groups excluding carboxylic acids is 1. The van der Waals surface area contributed by atoms with E-state index in [2.05, 4.69) is 26.5 Å². The zero-order valence-electron chi connectivity index (χ0n) is 16.7. The molecule has 0 aliphatic carbocycles. The van der Waals surface area contributed by atoms with E-state index in [1.54, 1.807) is 6.21 Å². The average molecular weight is 481 g/mol. The van der Waals surface area contributed by atoms with Crippen LogP contribution >= 0.6 is 15.9 Å². The van der Waals surface area contributed by atoms with Crippen molar-refractivity contribution in [3.63, 3.8) is 0 Å². The molecule has 6 nitrogen and oxygen atoms in total. The van der Waals surface area contributed by atoms with Gasteiger partial charge in [-0.2, -0.15) is 5.10 Å². The van der Waals surface area contributed by atoms with Crippen LogP contribution in [0.3, 0.4) is 0 Å². The fraction of sp³-hybridized carbons (Fsp3) is 0.167. The molecule has 0 unspecified atom stereocenters. The van der Waals surface area contributed by atoms with E-state index in [0.717, 1.165) is 26.9 Å². The van der Waals surface area contributed by atoms with Crippen LogP contribution in [0, 0.1) is 0 Å². The van der Waals surface area contributed by atoms with Gasteiger partial charge in [-0.1, -0.05) is 46.3 Å². The molecule has 1 N–H and O–H groups in total. The molecule has 0 atom stereocenters. The van der Waals surface area contributed by atoms with Crippen molar-refractivity contribution < 1.29 is 19.0 Å². The van der Waals surface area contributed by atoms with Gasteiger partial charge in [0.25, 0.3) is 0 Å². The number of ether oxygens (including phenoxy) is 3. The third-order valence-electron chi connectivity index (χ3n) is 4.55. The van der Waals surface area contributed by atoms with E-state index in [1.807, 2.05) is 66.7 Å². The molecular formula is C24H21BrN2O4. The van der Waals surface area contributed by atoms with E-state index in [9.17, 15) is 4.79 Å². The van der Waals surface area contributed by atoms with Crippen molar-refractivity contribution >= 4 is 28.1 Å². The highest BCUT2D eigenvalue weighted by atomic mass is 79.9. The maximum Gasteiger partial charge on any atom is 0.244 e. The molecule has 7 heteroatoms. The number of hydrogen-bond acceptors (Lipinski definition) is 5. The summed E-state index contributed by atoms with van der Waals surface area (Å²) in [4.78, 5) is 12.2. The lowest BCUT2D eigenvalue weighted by Crippen LogP contribution is -2.20. The summed E-state index contributed by atoms with van der Waals surface area (Å²) >= 11 is 3.42. The Bertz CT molecular complexity index is 1080. The first kappa shape index (κ1) is 20.9. The first-order chi connectivity index (χ1) is 15.2. The number of nitrogens with zero attached hydrogens (tertiary/aromatic N) is 1. The lowest BCUT2D eigenvalue weighted by atomic mass is 10.1. The molecule has 1 aliphatic heterocycles. The molecule has 31 heavy (non-hydrogen) atoms. The molecule has 3 aromatic rings. The summed E-state index contributed by atoms with van der Waals surface area (Å²) in [6.45, 7) is 1.52. The van der Waals surface area contributed by atoms with Gasteiger partial charge in [-0.25, -0.2) is 5.43 Å². The number of carbonyl (C=O) groups is 1. The summed E-state index contributed by atoms with van der Waals surface area (Å²) < 4.78 is 17.9. The summed E-state index contributed by atoms with van der Waals surface area (Å²) in [5, 5.41) is 4.05. The molecule has 1 heterocycles. The van der Waals surface area contributed by atoms with Crippen molar-refractivity contribution in [2.75, 3.05) is 13.2 Å². The van der Waals surface area contributed by atoms with Crippen molar-refractivity contribution in [3.8, 4) is 17.2 Å². The summed E-state index contributed by atoms with van der Waals surface area (Å²) in [7, 11) is 0. The lowest BCUT2D eigenvalue weighted by molar-refractivity contribution is -0.120. The Balaban J connectivity index is 1.28. The standard InChI is InChI=1S/C24H21BrN2O4/c25-20-7-4-17(5-8-20)16-31-21-3-1-2-19(12-21)15-26-27-24(28)14-18-6-9-22-23(13-18)30-11-10-29-22/h1-9,12-13,15H,10-11,14,16H2,(H,27,28)/b26-15+. The number of halogens is 1. The largest absolute Gasteiger partial charge is 0.489 e. The van der Waals surface area contributed by atoms with Crippen molar-refractivity contribution in [2.24, 2.45) is 5.10 Å². The Morgan fingerprint density at radius 1 is 1.00 bits per heavy atom. The molecule has 158 valence electrons. The molecule has 0 bridgehead atoms. The number of nitrogens with one attached hydrogen (secondary N) is 1. The third-order valence-corrected chi connectivity index (χ3v) is 5.08. The summed E-state index contributed by atoms with van der Waals surface area (Å²) in [5.41, 5.74) is 5.29. The van der Waals surface area contributed by atoms with E-state index in [-0.39, 0.29) is 12.3 Å². The first-order valence-electron chi connectivity index (χ1n) is 9.83. The van der Waals surface area contributed by atoms with Crippen molar-refractivity contribution in [3.05, 3.63) is 87.9 Å². The quantitative estimate of drug-likeness (QED) is 0.399. The maximum atomic E-state index is 12.2. The van der Waals surface area contributed by atoms with Gasteiger partial charge >= 0.3 is 0 Å². The number of hydrazone groups is 1. The van der Waals surface area contributed by atoms with Gasteiger partial charge < -0.3 is 14.2 Å². The highest BCUT2D eigenvalue weighted by Gasteiger charge is 2.13. The van der Waals surface area contributed by atoms with Gasteiger partial charge in [0, 0.05) is 4.47 Å². The van der Waals surface area contributed by atoms with Gasteiger partial charge in [-0.15, -0.1) is 0 Å². The fourth-order valence-corrected chi connectivity index (χ4v) is 3.30. The second-order valence-electron chi connectivity index (χ2n) is 6.94. The molecule has 1 aliphatic rings. The topological polar surface area (TPSA) is 69.2 Å². The van der Waals surface area contributed by atoms with Crippen LogP contribution < -0.4 is 19.6 Å². The van der Waals surface area contributed by atoms with Crippen LogP contribution in [-0.2, 0) is 17.8 Å². The number of rotatable bonds is 7. The van der Waals surface area contributed by atoms with Crippen molar-refractivity contribution in [1.82, 2.24) is 5.43 Å². The van der Waals surface area contributed by atoms with Crippen molar-refractivity contribution in [1.29, 1.82) is 0 Å². The molecule has 1 amide bonds. The van der Waals surface area contributed by atoms with E-state index < -0.39 is 0 Å². The molecule has 0 fully saturated rings. The second-order valence-corrected chi connectivity index (χ2v) is 7.85. The Hall–Kier alpha value is -3.32. The minimum atomic E-state index is -0.212. The molecule has 0 spiro atoms. The molecule has 4 rings (SSSR count). The van der Waals surface area contributed by atoms with Crippen LogP contribution in [0.1, 0.15) is 16.7 Å². The van der Waals surface area contributed by atoms with E-state index in [1.165, 1.54) is 0 Å². The van der Waals surface area contributed by atoms with E-state index >= 15 is 0 Å². The Labute approximate surface area is 189 Å². The van der Waals surface area contributed by atoms with Gasteiger partial charge in [0.15, 0.2) is 11.5 Å². The van der Waals surface area contributed by atoms with E-state index in [0.29, 0.717) is 31.3 Å². The predicted molar refractivity (Wildman–Crippen MR) is 122 cm³/mol. The number of hydrogen-bond donors (Lipinski definition) is 1. The highest BCUT2D eigenvalue weighted by molar-refractivity contribution is 9.10. The van der Waals surface area contributed by atoms with Gasteiger partial charge in [0.05, 0.1) is 12.6 Å². The summed E-state index contributed by atoms with van der Waals surface area (Å²) in [6, 6.07) is 21.0. The zero-order chi connectivity index (χ0) is 21.5. The van der Waals surface area contributed by atoms with Gasteiger partial charge in [-0.3, -0.25) is 4.79 Å². The monoisotopic (exact) mass is 480 g/mol. The molecule has 3 aromatic carbocycles.